The lowest BCUT2D eigenvalue weighted by Gasteiger charge is -2.17. The molecule has 0 aromatic carbocycles. The Morgan fingerprint density at radius 2 is 1.00 bits per heavy atom. The van der Waals surface area contributed by atoms with Crippen molar-refractivity contribution >= 4 is 18.2 Å². The van der Waals surface area contributed by atoms with Crippen molar-refractivity contribution in [3.8, 4) is 0 Å². The topological polar surface area (TPSA) is 119 Å². The van der Waals surface area contributed by atoms with E-state index in [0.717, 1.165) is 38.5 Å². The SMILES string of the molecule is CCCCOP(=O)(OCCCC)OCCCC.O=S(=O)(O)O. The van der Waals surface area contributed by atoms with Gasteiger partial charge in [-0.15, -0.1) is 0 Å². The van der Waals surface area contributed by atoms with E-state index in [-0.39, 0.29) is 0 Å². The van der Waals surface area contributed by atoms with E-state index < -0.39 is 18.2 Å². The maximum absolute atomic E-state index is 12.2. The van der Waals surface area contributed by atoms with Gasteiger partial charge in [-0.2, -0.15) is 8.42 Å². The molecule has 0 rings (SSSR count). The van der Waals surface area contributed by atoms with Gasteiger partial charge in [0.1, 0.15) is 0 Å². The van der Waals surface area contributed by atoms with Crippen LogP contribution in [0.15, 0.2) is 0 Å². The van der Waals surface area contributed by atoms with E-state index >= 15 is 0 Å². The highest BCUT2D eigenvalue weighted by Gasteiger charge is 2.25. The average Bonchev–Trinajstić information content (AvgIpc) is 2.38. The van der Waals surface area contributed by atoms with E-state index in [1.165, 1.54) is 0 Å². The molecule has 0 amide bonds. The number of unbranched alkanes of at least 4 members (excludes halogenated alkanes) is 3. The Morgan fingerprint density at radius 1 is 0.773 bits per heavy atom. The first-order valence-electron chi connectivity index (χ1n) is 7.42. The minimum absolute atomic E-state index is 0.437. The van der Waals surface area contributed by atoms with Gasteiger partial charge in [0.25, 0.3) is 0 Å². The van der Waals surface area contributed by atoms with Gasteiger partial charge in [-0.3, -0.25) is 22.7 Å². The molecule has 0 saturated heterocycles. The van der Waals surface area contributed by atoms with E-state index in [0.29, 0.717) is 19.8 Å². The first-order valence-corrected chi connectivity index (χ1v) is 10.3. The maximum atomic E-state index is 12.2. The van der Waals surface area contributed by atoms with Crippen LogP contribution >= 0.6 is 7.82 Å². The summed E-state index contributed by atoms with van der Waals surface area (Å²) in [7, 11) is -7.98. The summed E-state index contributed by atoms with van der Waals surface area (Å²) in [6, 6.07) is 0. The highest BCUT2D eigenvalue weighted by Crippen LogP contribution is 2.49. The van der Waals surface area contributed by atoms with E-state index in [1.807, 2.05) is 0 Å². The molecule has 0 atom stereocenters. The second kappa shape index (κ2) is 14.6. The first kappa shape index (κ1) is 24.2. The van der Waals surface area contributed by atoms with E-state index in [4.69, 9.17) is 31.1 Å². The minimum atomic E-state index is -4.67. The van der Waals surface area contributed by atoms with Crippen LogP contribution in [0.1, 0.15) is 59.3 Å². The molecule has 0 bridgehead atoms. The van der Waals surface area contributed by atoms with Gasteiger partial charge in [0, 0.05) is 0 Å². The van der Waals surface area contributed by atoms with Crippen LogP contribution < -0.4 is 0 Å². The molecule has 0 aliphatic rings. The third kappa shape index (κ3) is 22.3. The van der Waals surface area contributed by atoms with Gasteiger partial charge in [0.2, 0.25) is 0 Å². The molecule has 0 saturated carbocycles. The molecule has 2 N–H and O–H groups in total. The van der Waals surface area contributed by atoms with Crippen molar-refractivity contribution in [3.63, 3.8) is 0 Å². The van der Waals surface area contributed by atoms with Crippen molar-refractivity contribution in [2.45, 2.75) is 59.3 Å². The molecule has 8 nitrogen and oxygen atoms in total. The first-order chi connectivity index (χ1) is 10.2. The van der Waals surface area contributed by atoms with Gasteiger partial charge in [0.15, 0.2) is 0 Å². The quantitative estimate of drug-likeness (QED) is 0.304. The van der Waals surface area contributed by atoms with E-state index in [9.17, 15) is 4.57 Å². The van der Waals surface area contributed by atoms with Crippen molar-refractivity contribution in [2.24, 2.45) is 0 Å². The molecule has 0 aromatic heterocycles. The Hall–Kier alpha value is -0.0200. The van der Waals surface area contributed by atoms with Crippen LogP contribution in [0.5, 0.6) is 0 Å². The van der Waals surface area contributed by atoms with Crippen molar-refractivity contribution < 1.29 is 35.7 Å². The second-order valence-electron chi connectivity index (χ2n) is 4.46. The average molecular weight is 364 g/mol. The molecule has 0 heterocycles. The van der Waals surface area contributed by atoms with Crippen LogP contribution in [0.3, 0.4) is 0 Å². The summed E-state index contributed by atoms with van der Waals surface area (Å²) < 4.78 is 59.6. The Balaban J connectivity index is 0. The van der Waals surface area contributed by atoms with Crippen molar-refractivity contribution in [1.29, 1.82) is 0 Å². The molecular weight excluding hydrogens is 335 g/mol. The molecular formula is C12H29O8PS. The second-order valence-corrected chi connectivity index (χ2v) is 7.02. The van der Waals surface area contributed by atoms with Gasteiger partial charge in [-0.1, -0.05) is 40.0 Å². The zero-order valence-corrected chi connectivity index (χ0v) is 15.3. The van der Waals surface area contributed by atoms with Crippen LogP contribution in [0.2, 0.25) is 0 Å². The predicted molar refractivity (Wildman–Crippen MR) is 84.4 cm³/mol. The number of rotatable bonds is 12. The molecule has 10 heteroatoms. The van der Waals surface area contributed by atoms with E-state index in [2.05, 4.69) is 20.8 Å². The van der Waals surface area contributed by atoms with Gasteiger partial charge >= 0.3 is 18.2 Å². The molecule has 0 aliphatic carbocycles. The largest absolute Gasteiger partial charge is 0.474 e. The summed E-state index contributed by atoms with van der Waals surface area (Å²) in [5.41, 5.74) is 0. The molecule has 0 radical (unpaired) electrons. The molecule has 0 aromatic rings. The normalized spacial score (nSPS) is 11.9. The van der Waals surface area contributed by atoms with Gasteiger partial charge in [-0.25, -0.2) is 4.57 Å². The van der Waals surface area contributed by atoms with Crippen LogP contribution in [0, 0.1) is 0 Å². The zero-order chi connectivity index (χ0) is 17.5. The highest BCUT2D eigenvalue weighted by molar-refractivity contribution is 7.79. The smallest absolute Gasteiger partial charge is 0.287 e. The Morgan fingerprint density at radius 3 is 1.18 bits per heavy atom. The monoisotopic (exact) mass is 364 g/mol. The molecule has 136 valence electrons. The van der Waals surface area contributed by atoms with Crippen molar-refractivity contribution in [2.75, 3.05) is 19.8 Å². The third-order valence-electron chi connectivity index (χ3n) is 2.24. The van der Waals surface area contributed by atoms with Crippen LogP contribution in [0.4, 0.5) is 0 Å². The van der Waals surface area contributed by atoms with E-state index in [1.54, 1.807) is 0 Å². The standard InChI is InChI=1S/C12H27O4P.H2O4S/c1-4-7-10-14-17(13,15-11-8-5-2)16-12-9-6-3;1-5(2,3)4/h4-12H2,1-3H3;(H2,1,2,3,4). The zero-order valence-electron chi connectivity index (χ0n) is 13.6. The lowest BCUT2D eigenvalue weighted by atomic mass is 10.4. The Bertz CT molecular complexity index is 343. The summed E-state index contributed by atoms with van der Waals surface area (Å²) >= 11 is 0. The van der Waals surface area contributed by atoms with Crippen LogP contribution in [0.25, 0.3) is 0 Å². The molecule has 0 aliphatic heterocycles. The Kier molecular flexibility index (Phi) is 16.0. The third-order valence-corrected chi connectivity index (χ3v) is 3.74. The minimum Gasteiger partial charge on any atom is -0.287 e. The lowest BCUT2D eigenvalue weighted by molar-refractivity contribution is 0.110. The fourth-order valence-corrected chi connectivity index (χ4v) is 2.36. The molecule has 0 fully saturated rings. The number of phosphoric acid groups is 1. The number of hydrogen-bond acceptors (Lipinski definition) is 6. The fraction of sp³-hybridized carbons (Fsp3) is 1.00. The van der Waals surface area contributed by atoms with Crippen LogP contribution in [-0.4, -0.2) is 37.3 Å². The fourth-order valence-electron chi connectivity index (χ4n) is 1.07. The summed E-state index contributed by atoms with van der Waals surface area (Å²) in [6.07, 6.45) is 5.63. The molecule has 0 spiro atoms. The maximum Gasteiger partial charge on any atom is 0.474 e. The summed E-state index contributed by atoms with van der Waals surface area (Å²) in [5.74, 6) is 0. The summed E-state index contributed by atoms with van der Waals surface area (Å²) in [6.45, 7) is 7.49. The number of hydrogen-bond donors (Lipinski definition) is 2. The van der Waals surface area contributed by atoms with Gasteiger partial charge in [0.05, 0.1) is 19.8 Å². The molecule has 0 unspecified atom stereocenters. The Labute approximate surface area is 133 Å². The summed E-state index contributed by atoms with van der Waals surface area (Å²) in [4.78, 5) is 0. The molecule has 22 heavy (non-hydrogen) atoms. The van der Waals surface area contributed by atoms with Crippen molar-refractivity contribution in [3.05, 3.63) is 0 Å². The van der Waals surface area contributed by atoms with Gasteiger partial charge < -0.3 is 0 Å². The van der Waals surface area contributed by atoms with Crippen LogP contribution in [-0.2, 0) is 28.5 Å². The highest BCUT2D eigenvalue weighted by atomic mass is 32.3. The summed E-state index contributed by atoms with van der Waals surface area (Å²) in [5, 5.41) is 0. The lowest BCUT2D eigenvalue weighted by Crippen LogP contribution is -2.03. The van der Waals surface area contributed by atoms with Gasteiger partial charge in [-0.05, 0) is 19.3 Å². The predicted octanol–water partition coefficient (Wildman–Crippen LogP) is 3.89. The van der Waals surface area contributed by atoms with Crippen molar-refractivity contribution in [1.82, 2.24) is 0 Å². The number of phosphoric ester groups is 1.